The van der Waals surface area contributed by atoms with Crippen molar-refractivity contribution in [3.8, 4) is 11.5 Å². The van der Waals surface area contributed by atoms with E-state index in [1.165, 1.54) is 0 Å². The minimum atomic E-state index is -0.210. The Morgan fingerprint density at radius 3 is 2.31 bits per heavy atom. The number of carbonyl (C=O) groups excluding carboxylic acids is 1. The second-order valence-electron chi connectivity index (χ2n) is 5.84. The van der Waals surface area contributed by atoms with Crippen LogP contribution in [0.25, 0.3) is 0 Å². The number of furan rings is 1. The summed E-state index contributed by atoms with van der Waals surface area (Å²) in [6.45, 7) is 2.30. The molecule has 0 saturated carbocycles. The molecule has 5 heteroatoms. The Morgan fingerprint density at radius 2 is 1.65 bits per heavy atom. The number of rotatable bonds is 8. The summed E-state index contributed by atoms with van der Waals surface area (Å²) in [7, 11) is 0. The van der Waals surface area contributed by atoms with Gasteiger partial charge in [-0.1, -0.05) is 30.3 Å². The fourth-order valence-corrected chi connectivity index (χ4v) is 2.41. The Kier molecular flexibility index (Phi) is 5.93. The van der Waals surface area contributed by atoms with E-state index >= 15 is 0 Å². The summed E-state index contributed by atoms with van der Waals surface area (Å²) in [5, 5.41) is 2.82. The van der Waals surface area contributed by atoms with E-state index in [-0.39, 0.29) is 18.6 Å². The van der Waals surface area contributed by atoms with Gasteiger partial charge in [0, 0.05) is 0 Å². The van der Waals surface area contributed by atoms with E-state index in [1.807, 2.05) is 55.5 Å². The van der Waals surface area contributed by atoms with Crippen LogP contribution >= 0.6 is 0 Å². The molecule has 0 saturated heterocycles. The summed E-state index contributed by atoms with van der Waals surface area (Å²) < 4.78 is 16.5. The van der Waals surface area contributed by atoms with Gasteiger partial charge in [-0.2, -0.15) is 0 Å². The number of hydrogen-bond acceptors (Lipinski definition) is 4. The molecule has 1 amide bonds. The number of hydrogen-bond donors (Lipinski definition) is 1. The van der Waals surface area contributed by atoms with Crippen molar-refractivity contribution in [2.45, 2.75) is 19.6 Å². The highest BCUT2D eigenvalue weighted by Crippen LogP contribution is 2.19. The molecule has 0 bridgehead atoms. The monoisotopic (exact) mass is 351 g/mol. The first kappa shape index (κ1) is 17.6. The highest BCUT2D eigenvalue weighted by atomic mass is 16.5. The van der Waals surface area contributed by atoms with E-state index < -0.39 is 0 Å². The first-order valence-corrected chi connectivity index (χ1v) is 8.43. The van der Waals surface area contributed by atoms with Gasteiger partial charge in [0.05, 0.1) is 12.3 Å². The lowest BCUT2D eigenvalue weighted by molar-refractivity contribution is -0.123. The summed E-state index contributed by atoms with van der Waals surface area (Å²) in [6, 6.07) is 20.6. The van der Waals surface area contributed by atoms with Crippen LogP contribution in [0.15, 0.2) is 77.4 Å². The number of carbonyl (C=O) groups is 1. The van der Waals surface area contributed by atoms with Gasteiger partial charge in [-0.15, -0.1) is 0 Å². The molecule has 134 valence electrons. The maximum absolute atomic E-state index is 11.9. The Labute approximate surface area is 152 Å². The van der Waals surface area contributed by atoms with Crippen molar-refractivity contribution in [3.63, 3.8) is 0 Å². The zero-order valence-electron chi connectivity index (χ0n) is 14.6. The molecule has 0 radical (unpaired) electrons. The van der Waals surface area contributed by atoms with Gasteiger partial charge in [0.1, 0.15) is 23.9 Å². The van der Waals surface area contributed by atoms with Crippen molar-refractivity contribution in [1.29, 1.82) is 0 Å². The third-order valence-corrected chi connectivity index (χ3v) is 3.79. The van der Waals surface area contributed by atoms with E-state index in [4.69, 9.17) is 13.9 Å². The van der Waals surface area contributed by atoms with Crippen LogP contribution in [-0.2, 0) is 11.4 Å². The third-order valence-electron chi connectivity index (χ3n) is 3.79. The SMILES string of the molecule is C[C@@H](NC(=O)COc1ccc(OCc2ccccc2)cc1)c1ccco1. The average molecular weight is 351 g/mol. The van der Waals surface area contributed by atoms with Crippen LogP contribution < -0.4 is 14.8 Å². The second kappa shape index (κ2) is 8.76. The van der Waals surface area contributed by atoms with Gasteiger partial charge in [0.2, 0.25) is 0 Å². The molecule has 5 nitrogen and oxygen atoms in total. The van der Waals surface area contributed by atoms with Gasteiger partial charge < -0.3 is 19.2 Å². The molecular weight excluding hydrogens is 330 g/mol. The van der Waals surface area contributed by atoms with Crippen LogP contribution in [0.1, 0.15) is 24.3 Å². The van der Waals surface area contributed by atoms with Crippen LogP contribution in [0.5, 0.6) is 11.5 Å². The van der Waals surface area contributed by atoms with Gasteiger partial charge in [0.15, 0.2) is 6.61 Å². The fourth-order valence-electron chi connectivity index (χ4n) is 2.41. The average Bonchev–Trinajstić information content (AvgIpc) is 3.21. The number of ether oxygens (including phenoxy) is 2. The van der Waals surface area contributed by atoms with E-state index in [0.29, 0.717) is 18.1 Å². The lowest BCUT2D eigenvalue weighted by Crippen LogP contribution is -2.31. The van der Waals surface area contributed by atoms with Crippen molar-refractivity contribution in [1.82, 2.24) is 5.32 Å². The molecular formula is C21H21NO4. The standard InChI is InChI=1S/C21H21NO4/c1-16(20-8-5-13-24-20)22-21(23)15-26-19-11-9-18(10-12-19)25-14-17-6-3-2-4-7-17/h2-13,16H,14-15H2,1H3,(H,22,23)/t16-/m1/s1. The quantitative estimate of drug-likeness (QED) is 0.663. The largest absolute Gasteiger partial charge is 0.489 e. The van der Waals surface area contributed by atoms with Crippen molar-refractivity contribution >= 4 is 5.91 Å². The number of benzene rings is 2. The molecule has 0 aliphatic carbocycles. The van der Waals surface area contributed by atoms with Crippen LogP contribution in [0.4, 0.5) is 0 Å². The molecule has 2 aromatic carbocycles. The van der Waals surface area contributed by atoms with Gasteiger partial charge in [0.25, 0.3) is 5.91 Å². The maximum Gasteiger partial charge on any atom is 0.258 e. The fraction of sp³-hybridized carbons (Fsp3) is 0.190. The predicted molar refractivity (Wildman–Crippen MR) is 98.0 cm³/mol. The minimum absolute atomic E-state index is 0.0603. The van der Waals surface area contributed by atoms with Crippen LogP contribution in [-0.4, -0.2) is 12.5 Å². The molecule has 1 heterocycles. The summed E-state index contributed by atoms with van der Waals surface area (Å²) >= 11 is 0. The molecule has 0 aliphatic rings. The zero-order chi connectivity index (χ0) is 18.2. The first-order chi connectivity index (χ1) is 12.7. The van der Waals surface area contributed by atoms with E-state index in [9.17, 15) is 4.79 Å². The predicted octanol–water partition coefficient (Wildman–Crippen LogP) is 4.11. The summed E-state index contributed by atoms with van der Waals surface area (Å²) in [6.07, 6.45) is 1.58. The van der Waals surface area contributed by atoms with Crippen molar-refractivity contribution in [2.24, 2.45) is 0 Å². The molecule has 0 aliphatic heterocycles. The number of nitrogens with one attached hydrogen (secondary N) is 1. The Bertz CT molecular complexity index is 798. The van der Waals surface area contributed by atoms with Gasteiger partial charge in [-0.05, 0) is 48.9 Å². The van der Waals surface area contributed by atoms with E-state index in [1.54, 1.807) is 24.5 Å². The third kappa shape index (κ3) is 5.14. The molecule has 3 rings (SSSR count). The molecule has 26 heavy (non-hydrogen) atoms. The van der Waals surface area contributed by atoms with E-state index in [2.05, 4.69) is 5.32 Å². The molecule has 0 spiro atoms. The number of amides is 1. The van der Waals surface area contributed by atoms with Gasteiger partial charge >= 0.3 is 0 Å². The maximum atomic E-state index is 11.9. The first-order valence-electron chi connectivity index (χ1n) is 8.43. The Balaban J connectivity index is 1.43. The topological polar surface area (TPSA) is 60.7 Å². The van der Waals surface area contributed by atoms with Gasteiger partial charge in [-0.25, -0.2) is 0 Å². The Hall–Kier alpha value is -3.21. The molecule has 1 atom stereocenters. The molecule has 1 aromatic heterocycles. The molecule has 0 unspecified atom stereocenters. The lowest BCUT2D eigenvalue weighted by atomic mass is 10.2. The van der Waals surface area contributed by atoms with Crippen molar-refractivity contribution in [2.75, 3.05) is 6.61 Å². The van der Waals surface area contributed by atoms with Crippen molar-refractivity contribution < 1.29 is 18.7 Å². The van der Waals surface area contributed by atoms with Gasteiger partial charge in [-0.3, -0.25) is 4.79 Å². The smallest absolute Gasteiger partial charge is 0.258 e. The zero-order valence-corrected chi connectivity index (χ0v) is 14.6. The van der Waals surface area contributed by atoms with E-state index in [0.717, 1.165) is 11.3 Å². The molecule has 0 fully saturated rings. The summed E-state index contributed by atoms with van der Waals surface area (Å²) in [5.74, 6) is 1.85. The van der Waals surface area contributed by atoms with Crippen LogP contribution in [0, 0.1) is 0 Å². The molecule has 1 N–H and O–H groups in total. The summed E-state index contributed by atoms with van der Waals surface area (Å²) in [5.41, 5.74) is 1.11. The normalized spacial score (nSPS) is 11.6. The second-order valence-corrected chi connectivity index (χ2v) is 5.84. The highest BCUT2D eigenvalue weighted by molar-refractivity contribution is 5.77. The minimum Gasteiger partial charge on any atom is -0.489 e. The van der Waals surface area contributed by atoms with Crippen molar-refractivity contribution in [3.05, 3.63) is 84.3 Å². The highest BCUT2D eigenvalue weighted by Gasteiger charge is 2.12. The van der Waals surface area contributed by atoms with Crippen LogP contribution in [0.3, 0.4) is 0 Å². The van der Waals surface area contributed by atoms with Crippen LogP contribution in [0.2, 0.25) is 0 Å². The Morgan fingerprint density at radius 1 is 0.962 bits per heavy atom. The molecule has 3 aromatic rings. The lowest BCUT2D eigenvalue weighted by Gasteiger charge is -2.12. The summed E-state index contributed by atoms with van der Waals surface area (Å²) in [4.78, 5) is 11.9.